The lowest BCUT2D eigenvalue weighted by Crippen LogP contribution is -2.16. The van der Waals surface area contributed by atoms with Crippen LogP contribution in [-0.2, 0) is 12.4 Å². The number of aromatic nitrogens is 2. The Labute approximate surface area is 441 Å². The van der Waals surface area contributed by atoms with E-state index in [0.717, 1.165) is 6.07 Å². The highest BCUT2D eigenvalue weighted by molar-refractivity contribution is 6.14. The lowest BCUT2D eigenvalue weighted by Gasteiger charge is -2.23. The van der Waals surface area contributed by atoms with E-state index in [2.05, 4.69) is 24.3 Å². The third-order valence-corrected chi connectivity index (χ3v) is 14.3. The molecule has 0 aliphatic heterocycles. The van der Waals surface area contributed by atoms with E-state index < -0.39 is 23.5 Å². The van der Waals surface area contributed by atoms with Crippen LogP contribution >= 0.6 is 0 Å². The van der Waals surface area contributed by atoms with E-state index in [1.165, 1.54) is 47.0 Å². The van der Waals surface area contributed by atoms with Crippen molar-refractivity contribution in [1.29, 1.82) is 21.0 Å². The number of benzene rings is 10. The first-order valence-corrected chi connectivity index (χ1v) is 24.4. The maximum absolute atomic E-state index is 17.0. The Morgan fingerprint density at radius 2 is 0.679 bits per heavy atom. The third kappa shape index (κ3) is 8.05. The molecule has 12 rings (SSSR count). The Bertz CT molecular complexity index is 4550. The third-order valence-electron chi connectivity index (χ3n) is 14.3. The van der Waals surface area contributed by atoms with Crippen LogP contribution in [0.25, 0.3) is 111 Å². The van der Waals surface area contributed by atoms with E-state index in [9.17, 15) is 34.2 Å². The van der Waals surface area contributed by atoms with Crippen molar-refractivity contribution < 1.29 is 26.3 Å². The van der Waals surface area contributed by atoms with Crippen molar-refractivity contribution in [2.75, 3.05) is 0 Å². The van der Waals surface area contributed by atoms with Crippen molar-refractivity contribution >= 4 is 43.6 Å². The van der Waals surface area contributed by atoms with Gasteiger partial charge in [0, 0.05) is 21.5 Å². The fourth-order valence-corrected chi connectivity index (χ4v) is 10.9. The molecule has 0 saturated heterocycles. The fraction of sp³-hybridized carbons (Fsp3) is 0.0303. The average molecular weight is 1030 g/mol. The van der Waals surface area contributed by atoms with Gasteiger partial charge in [0.05, 0.1) is 85.5 Å². The minimum Gasteiger partial charge on any atom is -0.309 e. The van der Waals surface area contributed by atoms with E-state index in [0.29, 0.717) is 93.8 Å². The standard InChI is InChI=1S/C66H34F6N6/c67-65(68,69)57-19-8-7-18-52(57)44-23-27-61-56(32-44)55-31-43(51-17-6-3-13-47(51)38-76)22-26-60(55)78(61)63-34-48(40-14-9-10-39(28-40)35-73)33-62(64(63)66(70,71)72)77-58-24-20-41(49-15-4-1-11-45(49)36-74)29-53(58)54-30-42(21-25-59(54)77)50-16-5-2-12-46(50)37-75/h1-34H. The van der Waals surface area contributed by atoms with E-state index in [1.807, 2.05) is 12.1 Å². The second kappa shape index (κ2) is 18.6. The molecule has 0 radical (unpaired) electrons. The van der Waals surface area contributed by atoms with E-state index in [4.69, 9.17) is 0 Å². The molecule has 10 aromatic carbocycles. The van der Waals surface area contributed by atoms with Gasteiger partial charge < -0.3 is 9.13 Å². The molecule has 0 N–H and O–H groups in total. The first-order chi connectivity index (χ1) is 37.8. The van der Waals surface area contributed by atoms with Gasteiger partial charge in [-0.15, -0.1) is 0 Å². The molecule has 2 heterocycles. The number of alkyl halides is 6. The van der Waals surface area contributed by atoms with Crippen LogP contribution in [0.1, 0.15) is 33.4 Å². The minimum atomic E-state index is -5.10. The van der Waals surface area contributed by atoms with Gasteiger partial charge >= 0.3 is 12.4 Å². The smallest absolute Gasteiger partial charge is 0.309 e. The summed E-state index contributed by atoms with van der Waals surface area (Å²) < 4.78 is 98.1. The van der Waals surface area contributed by atoms with Gasteiger partial charge in [-0.2, -0.15) is 47.4 Å². The number of fused-ring (bicyclic) bond motifs is 6. The quantitative estimate of drug-likeness (QED) is 0.148. The topological polar surface area (TPSA) is 105 Å². The summed E-state index contributed by atoms with van der Waals surface area (Å²) in [5, 5.41) is 42.4. The maximum atomic E-state index is 17.0. The largest absolute Gasteiger partial charge is 0.420 e. The molecule has 0 unspecified atom stereocenters. The molecule has 0 amide bonds. The molecule has 0 saturated carbocycles. The SMILES string of the molecule is N#Cc1cccc(-c2cc(-n3c4ccc(-c5ccccc5C#N)cc4c4cc(-c5ccccc5C#N)ccc43)c(C(F)(F)F)c(-n3c4ccc(-c5ccccc5C#N)cc4c4cc(-c5ccccc5C(F)(F)F)ccc43)c2)c1. The molecule has 6 nitrogen and oxygen atoms in total. The number of nitrogens with zero attached hydrogens (tertiary/aromatic N) is 6. The van der Waals surface area contributed by atoms with Crippen LogP contribution in [0, 0.1) is 45.3 Å². The predicted octanol–water partition coefficient (Wildman–Crippen LogP) is 17.7. The summed E-state index contributed by atoms with van der Waals surface area (Å²) in [6.07, 6.45) is -9.83. The zero-order valence-corrected chi connectivity index (χ0v) is 40.6. The second-order valence-electron chi connectivity index (χ2n) is 18.7. The van der Waals surface area contributed by atoms with Gasteiger partial charge in [0.1, 0.15) is 5.56 Å². The number of nitriles is 4. The van der Waals surface area contributed by atoms with E-state index in [-0.39, 0.29) is 39.1 Å². The van der Waals surface area contributed by atoms with E-state index in [1.54, 1.807) is 150 Å². The Hall–Kier alpha value is -10.7. The van der Waals surface area contributed by atoms with Crippen molar-refractivity contribution in [2.45, 2.75) is 12.4 Å². The Morgan fingerprint density at radius 3 is 1.05 bits per heavy atom. The monoisotopic (exact) mass is 1020 g/mol. The van der Waals surface area contributed by atoms with Crippen LogP contribution in [0.15, 0.2) is 206 Å². The zero-order chi connectivity index (χ0) is 54.0. The van der Waals surface area contributed by atoms with Crippen LogP contribution < -0.4 is 0 Å². The van der Waals surface area contributed by atoms with Gasteiger partial charge in [-0.1, -0.05) is 109 Å². The summed E-state index contributed by atoms with van der Waals surface area (Å²) in [6.45, 7) is 0. The highest BCUT2D eigenvalue weighted by atomic mass is 19.4. The molecule has 12 aromatic rings. The molecular formula is C66H34F6N6. The molecular weight excluding hydrogens is 991 g/mol. The van der Waals surface area contributed by atoms with Gasteiger partial charge in [-0.25, -0.2) is 0 Å². The van der Waals surface area contributed by atoms with Crippen LogP contribution in [0.5, 0.6) is 0 Å². The lowest BCUT2D eigenvalue weighted by molar-refractivity contribution is -0.138. The fourth-order valence-electron chi connectivity index (χ4n) is 10.9. The Balaban J connectivity index is 1.23. The molecule has 12 heteroatoms. The van der Waals surface area contributed by atoms with E-state index >= 15 is 13.2 Å². The predicted molar refractivity (Wildman–Crippen MR) is 291 cm³/mol. The van der Waals surface area contributed by atoms with Gasteiger partial charge in [0.15, 0.2) is 0 Å². The lowest BCUT2D eigenvalue weighted by atomic mass is 9.96. The van der Waals surface area contributed by atoms with Crippen LogP contribution in [-0.4, -0.2) is 9.13 Å². The molecule has 0 aliphatic carbocycles. The summed E-state index contributed by atoms with van der Waals surface area (Å²) in [6, 6.07) is 64.7. The zero-order valence-electron chi connectivity index (χ0n) is 40.6. The highest BCUT2D eigenvalue weighted by Crippen LogP contribution is 2.48. The first kappa shape index (κ1) is 48.3. The normalized spacial score (nSPS) is 11.7. The molecule has 2 aromatic heterocycles. The molecule has 78 heavy (non-hydrogen) atoms. The number of rotatable bonds is 7. The number of halogens is 6. The summed E-state index contributed by atoms with van der Waals surface area (Å²) in [4.78, 5) is 0. The molecule has 0 atom stereocenters. The van der Waals surface area contributed by atoms with Crippen molar-refractivity contribution in [3.63, 3.8) is 0 Å². The molecule has 0 aliphatic rings. The average Bonchev–Trinajstić information content (AvgIpc) is 4.20. The molecule has 370 valence electrons. The van der Waals surface area contributed by atoms with Gasteiger partial charge in [-0.05, 0) is 153 Å². The first-order valence-electron chi connectivity index (χ1n) is 24.4. The second-order valence-corrected chi connectivity index (χ2v) is 18.7. The van der Waals surface area contributed by atoms with Crippen molar-refractivity contribution in [3.8, 4) is 91.3 Å². The summed E-state index contributed by atoms with van der Waals surface area (Å²) in [5.41, 5.74) is 4.53. The number of hydrogen-bond donors (Lipinski definition) is 0. The van der Waals surface area contributed by atoms with Gasteiger partial charge in [0.2, 0.25) is 0 Å². The Morgan fingerprint density at radius 1 is 0.308 bits per heavy atom. The van der Waals surface area contributed by atoms with Crippen LogP contribution in [0.2, 0.25) is 0 Å². The maximum Gasteiger partial charge on any atom is 0.420 e. The van der Waals surface area contributed by atoms with Crippen molar-refractivity contribution in [2.24, 2.45) is 0 Å². The Kier molecular flexibility index (Phi) is 11.5. The molecule has 0 bridgehead atoms. The van der Waals surface area contributed by atoms with Gasteiger partial charge in [0.25, 0.3) is 0 Å². The van der Waals surface area contributed by atoms with Crippen molar-refractivity contribution in [3.05, 3.63) is 240 Å². The van der Waals surface area contributed by atoms with Gasteiger partial charge in [-0.3, -0.25) is 0 Å². The summed E-state index contributed by atoms with van der Waals surface area (Å²) >= 11 is 0. The highest BCUT2D eigenvalue weighted by Gasteiger charge is 2.40. The summed E-state index contributed by atoms with van der Waals surface area (Å²) in [5.74, 6) is 0. The van der Waals surface area contributed by atoms with Crippen molar-refractivity contribution in [1.82, 2.24) is 9.13 Å². The van der Waals surface area contributed by atoms with Crippen LogP contribution in [0.4, 0.5) is 26.3 Å². The minimum absolute atomic E-state index is 0.124. The number of hydrogen-bond acceptors (Lipinski definition) is 4. The molecule has 0 fully saturated rings. The summed E-state index contributed by atoms with van der Waals surface area (Å²) in [7, 11) is 0. The molecule has 0 spiro atoms. The van der Waals surface area contributed by atoms with Crippen LogP contribution in [0.3, 0.4) is 0 Å².